The molecular weight excluding hydrogens is 147 g/mol. The van der Waals surface area contributed by atoms with Crippen LogP contribution in [0.2, 0.25) is 0 Å². The minimum atomic E-state index is -0.320. The van der Waals surface area contributed by atoms with Crippen LogP contribution in [0, 0.1) is 6.92 Å². The quantitative estimate of drug-likeness (QED) is 0.281. The minimum Gasteiger partial charge on any atom is -0.305 e. The Labute approximate surface area is 61.5 Å². The van der Waals surface area contributed by atoms with E-state index in [2.05, 4.69) is 20.0 Å². The number of hydrogen-bond acceptors (Lipinski definition) is 3. The van der Waals surface area contributed by atoms with Gasteiger partial charge >= 0.3 is 0 Å². The Kier molecular flexibility index (Phi) is 1.89. The van der Waals surface area contributed by atoms with Gasteiger partial charge in [0.25, 0.3) is 5.56 Å². The summed E-state index contributed by atoms with van der Waals surface area (Å²) in [5, 5.41) is 3.14. The molecule has 11 heavy (non-hydrogen) atoms. The summed E-state index contributed by atoms with van der Waals surface area (Å²) in [6.45, 7) is 1.64. The Bertz CT molecular complexity index is 361. The zero-order valence-electron chi connectivity index (χ0n) is 5.77. The van der Waals surface area contributed by atoms with Crippen LogP contribution in [-0.4, -0.2) is 9.97 Å². The molecule has 1 rings (SSSR count). The van der Waals surface area contributed by atoms with E-state index in [0.717, 1.165) is 0 Å². The molecule has 0 radical (unpaired) electrons. The standard InChI is InChI=1S/C5H5N5O/c1-3-2-4(11)8-5(7-3)9-10-6/h2H,1H3,(H,7,8,11)/i6+1. The lowest BCUT2D eigenvalue weighted by Crippen LogP contribution is -2.05. The van der Waals surface area contributed by atoms with Gasteiger partial charge in [0.15, 0.2) is 5.95 Å². The zero-order valence-corrected chi connectivity index (χ0v) is 5.77. The Morgan fingerprint density at radius 3 is 3.09 bits per heavy atom. The van der Waals surface area contributed by atoms with E-state index >= 15 is 0 Å². The second-order valence-electron chi connectivity index (χ2n) is 1.90. The lowest BCUT2D eigenvalue weighted by Gasteiger charge is -1.90. The van der Waals surface area contributed by atoms with Gasteiger partial charge in [-0.1, -0.05) is 0 Å². The first-order chi connectivity index (χ1) is 5.22. The van der Waals surface area contributed by atoms with Crippen molar-refractivity contribution in [1.82, 2.24) is 9.97 Å². The molecular formula is C5H5N5O. The number of hydrogen-bond donors (Lipinski definition) is 1. The van der Waals surface area contributed by atoms with Crippen molar-refractivity contribution in [3.63, 3.8) is 0 Å². The molecule has 0 bridgehead atoms. The average Bonchev–Trinajstić information content (AvgIpc) is 1.85. The molecule has 6 nitrogen and oxygen atoms in total. The molecule has 56 valence electrons. The topological polar surface area (TPSA) is 94.5 Å². The third-order valence-electron chi connectivity index (χ3n) is 0.997. The molecule has 0 aliphatic heterocycles. The van der Waals surface area contributed by atoms with Gasteiger partial charge in [-0.25, -0.2) is 4.98 Å². The van der Waals surface area contributed by atoms with Crippen molar-refractivity contribution in [2.45, 2.75) is 6.92 Å². The maximum Gasteiger partial charge on any atom is 0.251 e. The summed E-state index contributed by atoms with van der Waals surface area (Å²) < 4.78 is 0. The van der Waals surface area contributed by atoms with E-state index in [4.69, 9.17) is 5.53 Å². The minimum absolute atomic E-state index is 0.00231. The predicted octanol–water partition coefficient (Wildman–Crippen LogP) is 1.02. The highest BCUT2D eigenvalue weighted by atomic mass is 16.1. The van der Waals surface area contributed by atoms with Crippen LogP contribution in [0.1, 0.15) is 5.69 Å². The monoisotopic (exact) mass is 152 g/mol. The molecule has 0 saturated carbocycles. The Morgan fingerprint density at radius 2 is 2.55 bits per heavy atom. The van der Waals surface area contributed by atoms with Gasteiger partial charge in [0.1, 0.15) is 0 Å². The van der Waals surface area contributed by atoms with E-state index in [1.807, 2.05) is 0 Å². The third kappa shape index (κ3) is 1.80. The fourth-order valence-electron chi connectivity index (χ4n) is 0.653. The first-order valence-electron chi connectivity index (χ1n) is 2.85. The number of azide groups is 1. The number of nitrogens with one attached hydrogen (secondary N) is 1. The molecule has 1 aromatic heterocycles. The fraction of sp³-hybridized carbons (Fsp3) is 0.200. The predicted molar refractivity (Wildman–Crippen MR) is 38.4 cm³/mol. The van der Waals surface area contributed by atoms with Crippen LogP contribution in [-0.2, 0) is 0 Å². The summed E-state index contributed by atoms with van der Waals surface area (Å²) in [7, 11) is 0. The highest BCUT2D eigenvalue weighted by Crippen LogP contribution is 1.99. The van der Waals surface area contributed by atoms with Gasteiger partial charge in [-0.05, 0) is 17.6 Å². The summed E-state index contributed by atoms with van der Waals surface area (Å²) in [4.78, 5) is 19.2. The summed E-state index contributed by atoms with van der Waals surface area (Å²) in [6.07, 6.45) is 0. The maximum absolute atomic E-state index is 10.7. The Balaban J connectivity index is 3.29. The molecule has 1 N–H and O–H groups in total. The highest BCUT2D eigenvalue weighted by molar-refractivity contribution is 5.15. The number of nitrogens with zero attached hydrogens (tertiary/aromatic N) is 4. The van der Waals surface area contributed by atoms with Crippen molar-refractivity contribution >= 4 is 5.95 Å². The average molecular weight is 152 g/mol. The van der Waals surface area contributed by atoms with E-state index in [1.54, 1.807) is 6.92 Å². The van der Waals surface area contributed by atoms with E-state index < -0.39 is 0 Å². The zero-order chi connectivity index (χ0) is 8.27. The normalized spacial score (nSPS) is 8.82. The van der Waals surface area contributed by atoms with Gasteiger partial charge in [0, 0.05) is 16.7 Å². The SMILES string of the molecule is Cc1cc(=O)[nH]c(N=[N+]=[15N-])n1. The van der Waals surface area contributed by atoms with Crippen LogP contribution >= 0.6 is 0 Å². The number of H-pyrrole nitrogens is 1. The van der Waals surface area contributed by atoms with Gasteiger partial charge in [-0.15, -0.1) is 0 Å². The van der Waals surface area contributed by atoms with E-state index in [0.29, 0.717) is 5.69 Å². The van der Waals surface area contributed by atoms with Crippen molar-refractivity contribution in [3.8, 4) is 0 Å². The molecule has 0 spiro atoms. The molecule has 0 saturated heterocycles. The van der Waals surface area contributed by atoms with E-state index in [-0.39, 0.29) is 11.5 Å². The molecule has 0 fully saturated rings. The first-order valence-corrected chi connectivity index (χ1v) is 2.85. The highest BCUT2D eigenvalue weighted by Gasteiger charge is 1.92. The largest absolute Gasteiger partial charge is 0.305 e. The van der Waals surface area contributed by atoms with Gasteiger partial charge in [0.2, 0.25) is 0 Å². The van der Waals surface area contributed by atoms with Gasteiger partial charge < -0.3 is 4.98 Å². The number of aromatic amines is 1. The summed E-state index contributed by atoms with van der Waals surface area (Å²) in [5.74, 6) is -0.00231. The molecule has 1 aromatic rings. The lowest BCUT2D eigenvalue weighted by molar-refractivity contribution is 1.04. The van der Waals surface area contributed by atoms with Crippen LogP contribution in [0.5, 0.6) is 0 Å². The fourth-order valence-corrected chi connectivity index (χ4v) is 0.653. The number of aromatic nitrogens is 2. The third-order valence-corrected chi connectivity index (χ3v) is 0.997. The van der Waals surface area contributed by atoms with E-state index in [9.17, 15) is 4.79 Å². The molecule has 0 amide bonds. The smallest absolute Gasteiger partial charge is 0.251 e. The van der Waals surface area contributed by atoms with Crippen LogP contribution in [0.15, 0.2) is 16.0 Å². The lowest BCUT2D eigenvalue weighted by atomic mass is 10.5. The Morgan fingerprint density at radius 1 is 1.82 bits per heavy atom. The van der Waals surface area contributed by atoms with Crippen molar-refractivity contribution in [2.75, 3.05) is 0 Å². The Hall–Kier alpha value is -1.81. The van der Waals surface area contributed by atoms with E-state index in [1.165, 1.54) is 6.07 Å². The van der Waals surface area contributed by atoms with Crippen molar-refractivity contribution in [2.24, 2.45) is 5.11 Å². The van der Waals surface area contributed by atoms with Crippen molar-refractivity contribution in [3.05, 3.63) is 32.6 Å². The first kappa shape index (κ1) is 7.30. The molecule has 0 aromatic carbocycles. The summed E-state index contributed by atoms with van der Waals surface area (Å²) in [6, 6.07) is 1.32. The van der Waals surface area contributed by atoms with Crippen molar-refractivity contribution in [1.29, 1.82) is 0 Å². The van der Waals surface area contributed by atoms with Crippen LogP contribution in [0.25, 0.3) is 10.4 Å². The van der Waals surface area contributed by atoms with Crippen LogP contribution in [0.4, 0.5) is 5.95 Å². The van der Waals surface area contributed by atoms with Gasteiger partial charge in [0.05, 0.1) is 0 Å². The molecule has 0 aliphatic carbocycles. The maximum atomic E-state index is 10.7. The van der Waals surface area contributed by atoms with Crippen LogP contribution < -0.4 is 5.56 Å². The summed E-state index contributed by atoms with van der Waals surface area (Å²) >= 11 is 0. The number of rotatable bonds is 1. The van der Waals surface area contributed by atoms with Gasteiger partial charge in [-0.3, -0.25) is 4.79 Å². The second kappa shape index (κ2) is 2.85. The van der Waals surface area contributed by atoms with Gasteiger partial charge in [-0.2, -0.15) is 0 Å². The molecule has 6 heteroatoms. The van der Waals surface area contributed by atoms with Crippen molar-refractivity contribution < 1.29 is 0 Å². The van der Waals surface area contributed by atoms with Crippen LogP contribution in [0.3, 0.4) is 0 Å². The molecule has 0 aliphatic rings. The summed E-state index contributed by atoms with van der Waals surface area (Å²) in [5.41, 5.74) is 8.20. The molecule has 1 heterocycles. The molecule has 0 unspecified atom stereocenters. The number of aryl methyl sites for hydroxylation is 1. The second-order valence-corrected chi connectivity index (χ2v) is 1.90. The molecule has 0 atom stereocenters.